The van der Waals surface area contributed by atoms with Crippen molar-refractivity contribution in [2.24, 2.45) is 0 Å². The number of hydrogen-bond donors (Lipinski definition) is 2. The lowest BCUT2D eigenvalue weighted by Gasteiger charge is -2.12. The second-order valence-electron chi connectivity index (χ2n) is 5.72. The zero-order valence-electron chi connectivity index (χ0n) is 12.8. The van der Waals surface area contributed by atoms with Crippen LogP contribution in [0.4, 0.5) is 15.9 Å². The molecule has 2 aromatic carbocycles. The van der Waals surface area contributed by atoms with Crippen LogP contribution in [0.15, 0.2) is 30.6 Å². The predicted molar refractivity (Wildman–Crippen MR) is 94.6 cm³/mol. The molecule has 25 heavy (non-hydrogen) atoms. The van der Waals surface area contributed by atoms with Gasteiger partial charge in [0.1, 0.15) is 12.1 Å². The number of nitrogens with one attached hydrogen (secondary N) is 1. The van der Waals surface area contributed by atoms with Gasteiger partial charge in [0.05, 0.1) is 27.4 Å². The number of anilines is 2. The highest BCUT2D eigenvalue weighted by Gasteiger charge is 2.25. The summed E-state index contributed by atoms with van der Waals surface area (Å²) in [5, 5.41) is 13.5. The van der Waals surface area contributed by atoms with Crippen LogP contribution in [0.1, 0.15) is 12.8 Å². The number of fused-ring (bicyclic) bond motifs is 1. The topological polar surface area (TPSA) is 67.3 Å². The van der Waals surface area contributed by atoms with Crippen molar-refractivity contribution in [2.45, 2.75) is 18.9 Å². The lowest BCUT2D eigenvalue weighted by atomic mass is 10.2. The molecule has 1 aromatic heterocycles. The zero-order valence-corrected chi connectivity index (χ0v) is 14.3. The fraction of sp³-hybridized carbons (Fsp3) is 0.176. The molecular formula is C17H12Cl2FN3O2. The van der Waals surface area contributed by atoms with Crippen molar-refractivity contribution < 1.29 is 14.2 Å². The van der Waals surface area contributed by atoms with Crippen LogP contribution in [0.3, 0.4) is 0 Å². The molecule has 0 spiro atoms. The highest BCUT2D eigenvalue weighted by molar-refractivity contribution is 6.42. The van der Waals surface area contributed by atoms with Gasteiger partial charge in [0.2, 0.25) is 0 Å². The lowest BCUT2D eigenvalue weighted by Crippen LogP contribution is -2.00. The fourth-order valence-electron chi connectivity index (χ4n) is 2.38. The van der Waals surface area contributed by atoms with Gasteiger partial charge in [-0.05, 0) is 31.0 Å². The first kappa shape index (κ1) is 16.2. The molecule has 1 fully saturated rings. The molecule has 0 saturated heterocycles. The van der Waals surface area contributed by atoms with Crippen LogP contribution in [0.5, 0.6) is 11.5 Å². The monoisotopic (exact) mass is 379 g/mol. The van der Waals surface area contributed by atoms with Gasteiger partial charge in [-0.1, -0.05) is 23.2 Å². The molecule has 1 heterocycles. The minimum atomic E-state index is -0.682. The quantitative estimate of drug-likeness (QED) is 0.619. The second kappa shape index (κ2) is 6.20. The van der Waals surface area contributed by atoms with Gasteiger partial charge in [-0.15, -0.1) is 0 Å². The van der Waals surface area contributed by atoms with Crippen molar-refractivity contribution in [1.82, 2.24) is 9.97 Å². The van der Waals surface area contributed by atoms with Gasteiger partial charge in [-0.3, -0.25) is 0 Å². The lowest BCUT2D eigenvalue weighted by molar-refractivity contribution is 0.287. The Morgan fingerprint density at radius 3 is 2.76 bits per heavy atom. The Morgan fingerprint density at radius 2 is 2.00 bits per heavy atom. The summed E-state index contributed by atoms with van der Waals surface area (Å²) in [5.41, 5.74) is 0.679. The molecule has 2 N–H and O–H groups in total. The van der Waals surface area contributed by atoms with Crippen LogP contribution >= 0.6 is 23.2 Å². The molecule has 1 aliphatic carbocycles. The van der Waals surface area contributed by atoms with Crippen molar-refractivity contribution in [1.29, 1.82) is 0 Å². The minimum absolute atomic E-state index is 0.0214. The Hall–Kier alpha value is -2.31. The smallest absolute Gasteiger partial charge is 0.166 e. The summed E-state index contributed by atoms with van der Waals surface area (Å²) >= 11 is 11.6. The maximum absolute atomic E-state index is 14.3. The summed E-state index contributed by atoms with van der Waals surface area (Å²) in [6.07, 6.45) is 3.45. The summed E-state index contributed by atoms with van der Waals surface area (Å²) in [5.74, 6) is 0.00151. The molecule has 0 atom stereocenters. The molecule has 4 rings (SSSR count). The molecule has 0 bridgehead atoms. The summed E-state index contributed by atoms with van der Waals surface area (Å²) in [4.78, 5) is 8.31. The molecule has 0 radical (unpaired) electrons. The van der Waals surface area contributed by atoms with E-state index < -0.39 is 5.82 Å². The molecule has 8 heteroatoms. The number of nitrogens with zero attached hydrogens (tertiary/aromatic N) is 2. The van der Waals surface area contributed by atoms with Gasteiger partial charge in [-0.2, -0.15) is 0 Å². The van der Waals surface area contributed by atoms with Gasteiger partial charge in [0.15, 0.2) is 17.3 Å². The number of aromatic nitrogens is 2. The average Bonchev–Trinajstić information content (AvgIpc) is 3.41. The van der Waals surface area contributed by atoms with Gasteiger partial charge < -0.3 is 15.2 Å². The van der Waals surface area contributed by atoms with Crippen LogP contribution in [-0.4, -0.2) is 21.2 Å². The molecule has 128 valence electrons. The van der Waals surface area contributed by atoms with Crippen LogP contribution in [0.2, 0.25) is 10.0 Å². The van der Waals surface area contributed by atoms with E-state index in [1.165, 1.54) is 24.5 Å². The highest BCUT2D eigenvalue weighted by atomic mass is 35.5. The first-order valence-electron chi connectivity index (χ1n) is 7.58. The largest absolute Gasteiger partial charge is 0.504 e. The molecule has 1 saturated carbocycles. The van der Waals surface area contributed by atoms with E-state index in [9.17, 15) is 9.50 Å². The number of phenols is 1. The third kappa shape index (κ3) is 3.15. The van der Waals surface area contributed by atoms with Crippen LogP contribution in [-0.2, 0) is 0 Å². The van der Waals surface area contributed by atoms with Gasteiger partial charge in [-0.25, -0.2) is 14.4 Å². The van der Waals surface area contributed by atoms with Crippen LogP contribution in [0.25, 0.3) is 10.9 Å². The zero-order chi connectivity index (χ0) is 17.6. The second-order valence-corrected chi connectivity index (χ2v) is 6.51. The number of hydrogen-bond acceptors (Lipinski definition) is 5. The van der Waals surface area contributed by atoms with E-state index in [4.69, 9.17) is 27.9 Å². The summed E-state index contributed by atoms with van der Waals surface area (Å²) in [7, 11) is 0. The highest BCUT2D eigenvalue weighted by Crippen LogP contribution is 2.38. The van der Waals surface area contributed by atoms with E-state index in [-0.39, 0.29) is 27.6 Å². The predicted octanol–water partition coefficient (Wildman–Crippen LogP) is 5.07. The van der Waals surface area contributed by atoms with E-state index in [1.807, 2.05) is 0 Å². The number of benzene rings is 2. The van der Waals surface area contributed by atoms with Crippen molar-refractivity contribution in [3.63, 3.8) is 0 Å². The number of aromatic hydroxyl groups is 1. The maximum atomic E-state index is 14.3. The fourth-order valence-corrected chi connectivity index (χ4v) is 2.69. The van der Waals surface area contributed by atoms with Crippen molar-refractivity contribution in [2.75, 3.05) is 5.32 Å². The van der Waals surface area contributed by atoms with E-state index in [0.717, 1.165) is 12.8 Å². The molecule has 0 aliphatic heterocycles. The molecule has 0 unspecified atom stereocenters. The van der Waals surface area contributed by atoms with Gasteiger partial charge >= 0.3 is 0 Å². The molecule has 3 aromatic rings. The third-order valence-corrected chi connectivity index (χ3v) is 4.60. The van der Waals surface area contributed by atoms with Crippen LogP contribution < -0.4 is 10.1 Å². The van der Waals surface area contributed by atoms with Crippen molar-refractivity contribution in [3.05, 3.63) is 46.5 Å². The maximum Gasteiger partial charge on any atom is 0.166 e. The Bertz CT molecular complexity index is 980. The standard InChI is InChI=1S/C17H12Cl2FN3O2/c18-10-3-4-11(16(20)15(10)19)23-17-9-5-13(24)14(25-8-1-2-8)6-12(9)21-7-22-17/h3-8,24H,1-2H2,(H,21,22,23). The van der Waals surface area contributed by atoms with E-state index in [2.05, 4.69) is 15.3 Å². The van der Waals surface area contributed by atoms with Gasteiger partial charge in [0.25, 0.3) is 0 Å². The number of ether oxygens (including phenoxy) is 1. The van der Waals surface area contributed by atoms with Crippen LogP contribution in [0, 0.1) is 5.82 Å². The van der Waals surface area contributed by atoms with E-state index in [0.29, 0.717) is 22.5 Å². The Labute approximate surface area is 152 Å². The molecule has 1 aliphatic rings. The molecule has 5 nitrogen and oxygen atoms in total. The van der Waals surface area contributed by atoms with E-state index >= 15 is 0 Å². The van der Waals surface area contributed by atoms with Crippen molar-refractivity contribution >= 4 is 45.6 Å². The Balaban J connectivity index is 1.74. The Morgan fingerprint density at radius 1 is 1.20 bits per heavy atom. The SMILES string of the molecule is Oc1cc2c(Nc3ccc(Cl)c(Cl)c3F)ncnc2cc1OC1CC1. The van der Waals surface area contributed by atoms with Gasteiger partial charge in [0, 0.05) is 11.5 Å². The van der Waals surface area contributed by atoms with Crippen molar-refractivity contribution in [3.8, 4) is 11.5 Å². The number of halogens is 3. The summed E-state index contributed by atoms with van der Waals surface area (Å²) < 4.78 is 19.9. The minimum Gasteiger partial charge on any atom is -0.504 e. The molecular weight excluding hydrogens is 368 g/mol. The summed E-state index contributed by atoms with van der Waals surface area (Å²) in [6.45, 7) is 0. The van der Waals surface area contributed by atoms with E-state index in [1.54, 1.807) is 6.07 Å². The first-order chi connectivity index (χ1) is 12.0. The number of phenolic OH excluding ortho intramolecular Hbond substituents is 1. The third-order valence-electron chi connectivity index (χ3n) is 3.82. The summed E-state index contributed by atoms with van der Waals surface area (Å²) in [6, 6.07) is 6.07. The number of rotatable bonds is 4. The molecule has 0 amide bonds. The average molecular weight is 380 g/mol. The first-order valence-corrected chi connectivity index (χ1v) is 8.33. The Kier molecular flexibility index (Phi) is 4.01. The normalized spacial score (nSPS) is 13.9.